The first-order valence-corrected chi connectivity index (χ1v) is 5.66. The van der Waals surface area contributed by atoms with Gasteiger partial charge in [0.05, 0.1) is 4.92 Å². The molecule has 0 aliphatic heterocycles. The summed E-state index contributed by atoms with van der Waals surface area (Å²) in [5.74, 6) is 0. The van der Waals surface area contributed by atoms with Gasteiger partial charge >= 0.3 is 6.18 Å². The van der Waals surface area contributed by atoms with Gasteiger partial charge in [0.25, 0.3) is 5.69 Å². The Morgan fingerprint density at radius 3 is 2.28 bits per heavy atom. The molecule has 0 saturated heterocycles. The zero-order chi connectivity index (χ0) is 13.9. The van der Waals surface area contributed by atoms with Gasteiger partial charge in [-0.05, 0) is 46.4 Å². The van der Waals surface area contributed by atoms with Crippen LogP contribution in [0, 0.1) is 10.1 Å². The summed E-state index contributed by atoms with van der Waals surface area (Å²) in [5.41, 5.74) is 0.187. The van der Waals surface area contributed by atoms with Crippen molar-refractivity contribution >= 4 is 34.4 Å². The van der Waals surface area contributed by atoms with Crippen LogP contribution in [-0.2, 0) is 0 Å². The van der Waals surface area contributed by atoms with Crippen molar-refractivity contribution in [3.8, 4) is 0 Å². The first-order chi connectivity index (χ1) is 8.21. The van der Waals surface area contributed by atoms with Crippen molar-refractivity contribution < 1.29 is 23.2 Å². The highest BCUT2D eigenvalue weighted by molar-refractivity contribution is 14.1. The summed E-state index contributed by atoms with van der Waals surface area (Å²) in [6, 6.07) is 4.96. The van der Waals surface area contributed by atoms with Gasteiger partial charge in [0.2, 0.25) is 0 Å². The van der Waals surface area contributed by atoms with E-state index >= 15 is 0 Å². The quantitative estimate of drug-likeness (QED) is 0.503. The number of halogens is 4. The van der Waals surface area contributed by atoms with Crippen LogP contribution >= 0.6 is 22.6 Å². The Balaban J connectivity index is 2.92. The van der Waals surface area contributed by atoms with Gasteiger partial charge < -0.3 is 5.11 Å². The molecule has 1 unspecified atom stereocenters. The monoisotopic (exact) mass is 373 g/mol. The molecular formula is C10H7F3INO3. The molecular weight excluding hydrogens is 366 g/mol. The van der Waals surface area contributed by atoms with Crippen molar-refractivity contribution in [1.82, 2.24) is 0 Å². The highest BCUT2D eigenvalue weighted by Gasteiger charge is 2.39. The largest absolute Gasteiger partial charge is 0.419 e. The fourth-order valence-corrected chi connectivity index (χ4v) is 1.80. The van der Waals surface area contributed by atoms with Crippen molar-refractivity contribution in [1.29, 1.82) is 0 Å². The van der Waals surface area contributed by atoms with Crippen molar-refractivity contribution in [2.45, 2.75) is 12.3 Å². The first kappa shape index (κ1) is 14.9. The molecule has 1 aromatic carbocycles. The second kappa shape index (κ2) is 5.65. The SMILES string of the molecule is O=[N+]([O-])c1ccc(/C=C(\I)C(O)C(F)(F)F)cc1. The van der Waals surface area contributed by atoms with Crippen LogP contribution < -0.4 is 0 Å². The number of aliphatic hydroxyl groups is 1. The number of benzene rings is 1. The Labute approximate surface area is 113 Å². The van der Waals surface area contributed by atoms with E-state index in [-0.39, 0.29) is 9.27 Å². The van der Waals surface area contributed by atoms with Crippen LogP contribution in [0.25, 0.3) is 6.08 Å². The summed E-state index contributed by atoms with van der Waals surface area (Å²) >= 11 is 1.38. The molecule has 1 N–H and O–H groups in total. The number of rotatable bonds is 3. The number of alkyl halides is 3. The second-order valence-corrected chi connectivity index (χ2v) is 4.57. The Morgan fingerprint density at radius 1 is 1.39 bits per heavy atom. The maximum absolute atomic E-state index is 12.2. The minimum atomic E-state index is -4.73. The molecule has 0 aliphatic carbocycles. The van der Waals surface area contributed by atoms with Gasteiger partial charge in [0, 0.05) is 15.7 Å². The Hall–Kier alpha value is -1.16. The van der Waals surface area contributed by atoms with Crippen LogP contribution in [-0.4, -0.2) is 22.3 Å². The van der Waals surface area contributed by atoms with E-state index in [9.17, 15) is 23.3 Å². The fraction of sp³-hybridized carbons (Fsp3) is 0.200. The number of aliphatic hydroxyl groups excluding tert-OH is 1. The van der Waals surface area contributed by atoms with E-state index < -0.39 is 17.2 Å². The molecule has 8 heteroatoms. The minimum Gasteiger partial charge on any atom is -0.379 e. The average molecular weight is 373 g/mol. The molecule has 1 atom stereocenters. The number of nitro benzene ring substituents is 1. The lowest BCUT2D eigenvalue weighted by atomic mass is 10.1. The smallest absolute Gasteiger partial charge is 0.379 e. The van der Waals surface area contributed by atoms with Gasteiger partial charge in [0.15, 0.2) is 6.10 Å². The normalized spacial score (nSPS) is 14.4. The average Bonchev–Trinajstić information content (AvgIpc) is 2.27. The minimum absolute atomic E-state index is 0.154. The summed E-state index contributed by atoms with van der Waals surface area (Å²) in [5, 5.41) is 19.3. The number of non-ortho nitro benzene ring substituents is 1. The summed E-state index contributed by atoms with van der Waals surface area (Å²) < 4.78 is 36.3. The Morgan fingerprint density at radius 2 is 1.89 bits per heavy atom. The third-order valence-electron chi connectivity index (χ3n) is 1.98. The third kappa shape index (κ3) is 3.95. The molecule has 98 valence electrons. The molecule has 0 fully saturated rings. The van der Waals surface area contributed by atoms with Crippen LogP contribution in [0.2, 0.25) is 0 Å². The summed E-state index contributed by atoms with van der Waals surface area (Å²) in [7, 11) is 0. The van der Waals surface area contributed by atoms with Crippen molar-refractivity contribution in [3.63, 3.8) is 0 Å². The Bertz CT molecular complexity index is 470. The van der Waals surface area contributed by atoms with Crippen molar-refractivity contribution in [2.75, 3.05) is 0 Å². The highest BCUT2D eigenvalue weighted by atomic mass is 127. The van der Waals surface area contributed by atoms with Gasteiger partial charge in [-0.15, -0.1) is 0 Å². The topological polar surface area (TPSA) is 63.4 Å². The maximum atomic E-state index is 12.2. The van der Waals surface area contributed by atoms with E-state index in [0.717, 1.165) is 6.08 Å². The standard InChI is InChI=1S/C10H7F3INO3/c11-10(12,13)9(16)8(14)5-6-1-3-7(4-2-6)15(17)18/h1-5,9,16H/b8-5-. The molecule has 0 amide bonds. The lowest BCUT2D eigenvalue weighted by Gasteiger charge is -2.13. The molecule has 0 saturated carbocycles. The number of nitro groups is 1. The third-order valence-corrected chi connectivity index (χ3v) is 2.88. The van der Waals surface area contributed by atoms with E-state index in [2.05, 4.69) is 0 Å². The summed E-state index contributed by atoms with van der Waals surface area (Å²) in [4.78, 5) is 9.77. The second-order valence-electron chi connectivity index (χ2n) is 3.32. The van der Waals surface area contributed by atoms with Crippen LogP contribution in [0.4, 0.5) is 18.9 Å². The van der Waals surface area contributed by atoms with E-state index in [1.165, 1.54) is 46.9 Å². The van der Waals surface area contributed by atoms with Crippen molar-refractivity contribution in [2.24, 2.45) is 0 Å². The van der Waals surface area contributed by atoms with Crippen LogP contribution in [0.3, 0.4) is 0 Å². The molecule has 4 nitrogen and oxygen atoms in total. The summed E-state index contributed by atoms with van der Waals surface area (Å²) in [6.45, 7) is 0. The Kier molecular flexibility index (Phi) is 4.68. The molecule has 0 aliphatic rings. The van der Waals surface area contributed by atoms with Gasteiger partial charge in [0.1, 0.15) is 0 Å². The van der Waals surface area contributed by atoms with E-state index in [1.54, 1.807) is 0 Å². The first-order valence-electron chi connectivity index (χ1n) is 4.58. The van der Waals surface area contributed by atoms with Crippen LogP contribution in [0.15, 0.2) is 27.8 Å². The lowest BCUT2D eigenvalue weighted by molar-refractivity contribution is -0.384. The van der Waals surface area contributed by atoms with Crippen LogP contribution in [0.1, 0.15) is 5.56 Å². The molecule has 0 heterocycles. The highest BCUT2D eigenvalue weighted by Crippen LogP contribution is 2.30. The number of hydrogen-bond acceptors (Lipinski definition) is 3. The maximum Gasteiger partial charge on any atom is 0.419 e. The summed E-state index contributed by atoms with van der Waals surface area (Å²) in [6.07, 6.45) is -6.16. The van der Waals surface area contributed by atoms with Crippen molar-refractivity contribution in [3.05, 3.63) is 43.5 Å². The molecule has 0 bridgehead atoms. The fourth-order valence-electron chi connectivity index (χ4n) is 1.09. The van der Waals surface area contributed by atoms with Gasteiger partial charge in [-0.2, -0.15) is 13.2 Å². The van der Waals surface area contributed by atoms with Gasteiger partial charge in [-0.25, -0.2) is 0 Å². The van der Waals surface area contributed by atoms with E-state index in [4.69, 9.17) is 5.11 Å². The molecule has 0 radical (unpaired) electrons. The molecule has 18 heavy (non-hydrogen) atoms. The van der Waals surface area contributed by atoms with Gasteiger partial charge in [-0.1, -0.05) is 0 Å². The zero-order valence-electron chi connectivity index (χ0n) is 8.69. The molecule has 0 spiro atoms. The van der Waals surface area contributed by atoms with E-state index in [1.807, 2.05) is 0 Å². The predicted molar refractivity (Wildman–Crippen MR) is 67.2 cm³/mol. The molecule has 0 aromatic heterocycles. The molecule has 1 rings (SSSR count). The number of nitrogens with zero attached hydrogens (tertiary/aromatic N) is 1. The number of hydrogen-bond donors (Lipinski definition) is 1. The lowest BCUT2D eigenvalue weighted by Crippen LogP contribution is -2.28. The predicted octanol–water partition coefficient (Wildman–Crippen LogP) is 3.29. The van der Waals surface area contributed by atoms with E-state index in [0.29, 0.717) is 5.56 Å². The molecule has 1 aromatic rings. The van der Waals surface area contributed by atoms with Gasteiger partial charge in [-0.3, -0.25) is 10.1 Å². The van der Waals surface area contributed by atoms with Crippen LogP contribution in [0.5, 0.6) is 0 Å². The zero-order valence-corrected chi connectivity index (χ0v) is 10.8.